The van der Waals surface area contributed by atoms with Gasteiger partial charge in [-0.2, -0.15) is 4.31 Å². The quantitative estimate of drug-likeness (QED) is 0.660. The van der Waals surface area contributed by atoms with Crippen LogP contribution in [-0.2, 0) is 10.0 Å². The number of nitrogens with one attached hydrogen (secondary N) is 1. The normalized spacial score (nSPS) is 12.3. The summed E-state index contributed by atoms with van der Waals surface area (Å²) in [7, 11) is -1.91. The highest BCUT2D eigenvalue weighted by Crippen LogP contribution is 2.22. The standard InChI is InChI=1S/C13H18N4O2S/c1-9(2)17(3)20(18,19)11-5-6-12-10(8-11)4-7-13(15-12)16-14/h4-9H,14H2,1-3H3,(H,15,16). The lowest BCUT2D eigenvalue weighted by Crippen LogP contribution is -2.33. The molecular formula is C13H18N4O2S. The Kier molecular flexibility index (Phi) is 3.94. The van der Waals surface area contributed by atoms with E-state index in [9.17, 15) is 8.42 Å². The Balaban J connectivity index is 2.52. The van der Waals surface area contributed by atoms with Gasteiger partial charge in [-0.25, -0.2) is 19.2 Å². The maximum absolute atomic E-state index is 12.4. The monoisotopic (exact) mass is 294 g/mol. The second-order valence-corrected chi connectivity index (χ2v) is 6.81. The van der Waals surface area contributed by atoms with Gasteiger partial charge in [0.05, 0.1) is 10.4 Å². The number of fused-ring (bicyclic) bond motifs is 1. The number of nitrogen functional groups attached to an aromatic ring is 1. The number of hydrogen-bond acceptors (Lipinski definition) is 5. The number of sulfonamides is 1. The van der Waals surface area contributed by atoms with Gasteiger partial charge in [-0.3, -0.25) is 0 Å². The molecular weight excluding hydrogens is 276 g/mol. The second-order valence-electron chi connectivity index (χ2n) is 4.81. The van der Waals surface area contributed by atoms with E-state index in [1.54, 1.807) is 37.4 Å². The molecule has 0 saturated heterocycles. The van der Waals surface area contributed by atoms with E-state index in [4.69, 9.17) is 5.84 Å². The van der Waals surface area contributed by atoms with E-state index in [0.29, 0.717) is 11.3 Å². The van der Waals surface area contributed by atoms with Crippen molar-refractivity contribution in [2.24, 2.45) is 5.84 Å². The second kappa shape index (κ2) is 5.35. The maximum Gasteiger partial charge on any atom is 0.243 e. The van der Waals surface area contributed by atoms with E-state index in [1.165, 1.54) is 4.31 Å². The summed E-state index contributed by atoms with van der Waals surface area (Å²) in [5.74, 6) is 5.83. The molecule has 0 atom stereocenters. The van der Waals surface area contributed by atoms with Gasteiger partial charge in [0.2, 0.25) is 10.0 Å². The van der Waals surface area contributed by atoms with Crippen LogP contribution in [0.3, 0.4) is 0 Å². The van der Waals surface area contributed by atoms with Gasteiger partial charge in [-0.05, 0) is 44.2 Å². The number of aromatic nitrogens is 1. The van der Waals surface area contributed by atoms with Gasteiger partial charge in [-0.1, -0.05) is 0 Å². The minimum absolute atomic E-state index is 0.0994. The van der Waals surface area contributed by atoms with E-state index in [2.05, 4.69) is 10.4 Å². The van der Waals surface area contributed by atoms with Crippen molar-refractivity contribution in [2.75, 3.05) is 12.5 Å². The molecule has 6 nitrogen and oxygen atoms in total. The zero-order chi connectivity index (χ0) is 14.9. The minimum Gasteiger partial charge on any atom is -0.308 e. The number of pyridine rings is 1. The summed E-state index contributed by atoms with van der Waals surface area (Å²) in [6.07, 6.45) is 0. The number of hydrazine groups is 1. The van der Waals surface area contributed by atoms with Crippen molar-refractivity contribution in [1.82, 2.24) is 9.29 Å². The van der Waals surface area contributed by atoms with Crippen LogP contribution >= 0.6 is 0 Å². The predicted octanol–water partition coefficient (Wildman–Crippen LogP) is 1.55. The average Bonchev–Trinajstić information content (AvgIpc) is 2.44. The third kappa shape index (κ3) is 2.60. The fourth-order valence-corrected chi connectivity index (χ4v) is 3.19. The van der Waals surface area contributed by atoms with Crippen molar-refractivity contribution < 1.29 is 8.42 Å². The highest BCUT2D eigenvalue weighted by Gasteiger charge is 2.23. The lowest BCUT2D eigenvalue weighted by molar-refractivity contribution is 0.410. The molecule has 0 amide bonds. The van der Waals surface area contributed by atoms with Crippen molar-refractivity contribution in [3.8, 4) is 0 Å². The van der Waals surface area contributed by atoms with Gasteiger partial charge in [0.1, 0.15) is 5.82 Å². The Morgan fingerprint density at radius 1 is 1.25 bits per heavy atom. The number of rotatable bonds is 4. The Morgan fingerprint density at radius 2 is 1.95 bits per heavy atom. The molecule has 0 unspecified atom stereocenters. The topological polar surface area (TPSA) is 88.3 Å². The molecule has 1 heterocycles. The summed E-state index contributed by atoms with van der Waals surface area (Å²) in [6.45, 7) is 3.67. The van der Waals surface area contributed by atoms with Crippen LogP contribution in [0.1, 0.15) is 13.8 Å². The first-order valence-corrected chi connectivity index (χ1v) is 7.65. The van der Waals surface area contributed by atoms with Crippen LogP contribution in [0.5, 0.6) is 0 Å². The third-order valence-electron chi connectivity index (χ3n) is 3.21. The summed E-state index contributed by atoms with van der Waals surface area (Å²) in [5, 5.41) is 0.752. The predicted molar refractivity (Wildman–Crippen MR) is 79.6 cm³/mol. The van der Waals surface area contributed by atoms with Gasteiger partial charge in [0.25, 0.3) is 0 Å². The van der Waals surface area contributed by atoms with Crippen LogP contribution < -0.4 is 11.3 Å². The van der Waals surface area contributed by atoms with Gasteiger partial charge in [-0.15, -0.1) is 0 Å². The molecule has 0 aliphatic rings. The molecule has 3 N–H and O–H groups in total. The number of anilines is 1. The first-order chi connectivity index (χ1) is 9.36. The van der Waals surface area contributed by atoms with E-state index < -0.39 is 10.0 Å². The first kappa shape index (κ1) is 14.7. The van der Waals surface area contributed by atoms with Gasteiger partial charge < -0.3 is 5.43 Å². The molecule has 0 fully saturated rings. The van der Waals surface area contributed by atoms with Crippen LogP contribution in [0.25, 0.3) is 10.9 Å². The molecule has 2 rings (SSSR count). The first-order valence-electron chi connectivity index (χ1n) is 6.21. The van der Waals surface area contributed by atoms with Crippen molar-refractivity contribution in [2.45, 2.75) is 24.8 Å². The van der Waals surface area contributed by atoms with Crippen LogP contribution in [-0.4, -0.2) is 30.8 Å². The molecule has 0 radical (unpaired) electrons. The Bertz CT molecular complexity index is 728. The number of hydrogen-bond donors (Lipinski definition) is 2. The molecule has 0 aliphatic carbocycles. The zero-order valence-corrected chi connectivity index (χ0v) is 12.5. The van der Waals surface area contributed by atoms with Gasteiger partial charge in [0, 0.05) is 18.5 Å². The summed E-state index contributed by atoms with van der Waals surface area (Å²) in [6, 6.07) is 8.24. The van der Waals surface area contributed by atoms with E-state index in [-0.39, 0.29) is 10.9 Å². The minimum atomic E-state index is -3.48. The van der Waals surface area contributed by atoms with E-state index >= 15 is 0 Å². The van der Waals surface area contributed by atoms with E-state index in [1.807, 2.05) is 13.8 Å². The molecule has 20 heavy (non-hydrogen) atoms. The fraction of sp³-hybridized carbons (Fsp3) is 0.308. The number of nitrogens with two attached hydrogens (primary N) is 1. The van der Waals surface area contributed by atoms with Crippen molar-refractivity contribution in [3.05, 3.63) is 30.3 Å². The van der Waals surface area contributed by atoms with E-state index in [0.717, 1.165) is 5.39 Å². The molecule has 0 bridgehead atoms. The van der Waals surface area contributed by atoms with Crippen LogP contribution in [0.15, 0.2) is 35.2 Å². The molecule has 2 aromatic rings. The zero-order valence-electron chi connectivity index (χ0n) is 11.7. The van der Waals surface area contributed by atoms with Crippen LogP contribution in [0.2, 0.25) is 0 Å². The smallest absolute Gasteiger partial charge is 0.243 e. The molecule has 1 aromatic carbocycles. The summed E-state index contributed by atoms with van der Waals surface area (Å²) >= 11 is 0. The Labute approximate surface area is 118 Å². The summed E-state index contributed by atoms with van der Waals surface area (Å²) in [4.78, 5) is 4.51. The van der Waals surface area contributed by atoms with Crippen LogP contribution in [0, 0.1) is 0 Å². The SMILES string of the molecule is CC(C)N(C)S(=O)(=O)c1ccc2nc(NN)ccc2c1. The summed E-state index contributed by atoms with van der Waals surface area (Å²) < 4.78 is 26.2. The Morgan fingerprint density at radius 3 is 2.55 bits per heavy atom. The average molecular weight is 294 g/mol. The Hall–Kier alpha value is -1.70. The lowest BCUT2D eigenvalue weighted by Gasteiger charge is -2.21. The van der Waals surface area contributed by atoms with Gasteiger partial charge in [0.15, 0.2) is 0 Å². The maximum atomic E-state index is 12.4. The highest BCUT2D eigenvalue weighted by atomic mass is 32.2. The molecule has 108 valence electrons. The lowest BCUT2D eigenvalue weighted by atomic mass is 10.2. The van der Waals surface area contributed by atoms with Crippen molar-refractivity contribution >= 4 is 26.7 Å². The number of benzene rings is 1. The number of nitrogens with zero attached hydrogens (tertiary/aromatic N) is 2. The van der Waals surface area contributed by atoms with Crippen molar-refractivity contribution in [3.63, 3.8) is 0 Å². The van der Waals surface area contributed by atoms with Crippen molar-refractivity contribution in [1.29, 1.82) is 0 Å². The molecule has 0 spiro atoms. The molecule has 7 heteroatoms. The molecule has 1 aromatic heterocycles. The summed E-state index contributed by atoms with van der Waals surface area (Å²) in [5.41, 5.74) is 3.15. The highest BCUT2D eigenvalue weighted by molar-refractivity contribution is 7.89. The van der Waals surface area contributed by atoms with Gasteiger partial charge >= 0.3 is 0 Å². The fourth-order valence-electron chi connectivity index (χ4n) is 1.79. The van der Waals surface area contributed by atoms with Crippen LogP contribution in [0.4, 0.5) is 5.82 Å². The molecule has 0 aliphatic heterocycles. The molecule has 0 saturated carbocycles. The third-order valence-corrected chi connectivity index (χ3v) is 5.24. The largest absolute Gasteiger partial charge is 0.308 e.